The first kappa shape index (κ1) is 15.6. The van der Waals surface area contributed by atoms with Crippen LogP contribution in [0.2, 0.25) is 0 Å². The largest absolute Gasteiger partial charge is 0.494 e. The zero-order valence-electron chi connectivity index (χ0n) is 10.9. The molecule has 2 rings (SSSR count). The Morgan fingerprint density at radius 1 is 1.14 bits per heavy atom. The molecule has 2 nitrogen and oxygen atoms in total. The van der Waals surface area contributed by atoms with E-state index in [0.29, 0.717) is 0 Å². The quantitative estimate of drug-likeness (QED) is 0.601. The zero-order chi connectivity index (χ0) is 15.6. The maximum Gasteiger partial charge on any atom is 0.173 e. The maximum atomic E-state index is 14.0. The van der Waals surface area contributed by atoms with Crippen molar-refractivity contribution in [2.75, 3.05) is 7.11 Å². The van der Waals surface area contributed by atoms with Gasteiger partial charge in [-0.25, -0.2) is 13.2 Å². The molecule has 6 heteroatoms. The molecule has 0 bridgehead atoms. The summed E-state index contributed by atoms with van der Waals surface area (Å²) in [5.74, 6) is -3.37. The number of methoxy groups -OCH3 is 1. The molecular weight excluding hydrogens is 349 g/mol. The summed E-state index contributed by atoms with van der Waals surface area (Å²) < 4.78 is 45.0. The molecule has 0 amide bonds. The molecule has 0 heterocycles. The average Bonchev–Trinajstić information content (AvgIpc) is 2.47. The van der Waals surface area contributed by atoms with Crippen LogP contribution >= 0.6 is 15.9 Å². The number of ether oxygens (including phenoxy) is 1. The number of hydrogen-bond donors (Lipinski definition) is 0. The molecule has 0 unspecified atom stereocenters. The van der Waals surface area contributed by atoms with Crippen LogP contribution in [0.25, 0.3) is 0 Å². The number of hydrogen-bond acceptors (Lipinski definition) is 2. The van der Waals surface area contributed by atoms with Crippen molar-refractivity contribution >= 4 is 21.7 Å². The van der Waals surface area contributed by atoms with Gasteiger partial charge < -0.3 is 4.74 Å². The smallest absolute Gasteiger partial charge is 0.173 e. The van der Waals surface area contributed by atoms with E-state index in [1.165, 1.54) is 19.2 Å². The van der Waals surface area contributed by atoms with E-state index in [2.05, 4.69) is 15.9 Å². The van der Waals surface area contributed by atoms with Crippen LogP contribution in [0.1, 0.15) is 15.9 Å². The van der Waals surface area contributed by atoms with Crippen LogP contribution in [0.5, 0.6) is 5.75 Å². The predicted molar refractivity (Wildman–Crippen MR) is 75.0 cm³/mol. The van der Waals surface area contributed by atoms with Crippen LogP contribution < -0.4 is 4.74 Å². The van der Waals surface area contributed by atoms with Crippen LogP contribution in [0.4, 0.5) is 13.2 Å². The van der Waals surface area contributed by atoms with Gasteiger partial charge in [-0.2, -0.15) is 0 Å². The molecule has 0 aliphatic carbocycles. The summed E-state index contributed by atoms with van der Waals surface area (Å²) in [6.45, 7) is 0. The monoisotopic (exact) mass is 358 g/mol. The summed E-state index contributed by atoms with van der Waals surface area (Å²) >= 11 is 2.84. The van der Waals surface area contributed by atoms with Gasteiger partial charge in [0.25, 0.3) is 0 Å². The second-order valence-electron chi connectivity index (χ2n) is 4.26. The highest BCUT2D eigenvalue weighted by molar-refractivity contribution is 9.10. The molecule has 2 aromatic carbocycles. The Bertz CT molecular complexity index is 702. The fourth-order valence-corrected chi connectivity index (χ4v) is 2.40. The van der Waals surface area contributed by atoms with E-state index < -0.39 is 23.2 Å². The van der Waals surface area contributed by atoms with Gasteiger partial charge in [0.2, 0.25) is 0 Å². The van der Waals surface area contributed by atoms with Gasteiger partial charge in [-0.3, -0.25) is 4.79 Å². The number of Topliss-reactive ketones (excluding diaryl/α,β-unsaturated/α-hetero) is 1. The highest BCUT2D eigenvalue weighted by atomic mass is 79.9. The number of ketones is 1. The van der Waals surface area contributed by atoms with Crippen LogP contribution in [-0.2, 0) is 6.42 Å². The van der Waals surface area contributed by atoms with Crippen LogP contribution in [0.15, 0.2) is 34.8 Å². The van der Waals surface area contributed by atoms with Gasteiger partial charge in [-0.1, -0.05) is 12.1 Å². The molecule has 0 atom stereocenters. The lowest BCUT2D eigenvalue weighted by atomic mass is 10.0. The van der Waals surface area contributed by atoms with Gasteiger partial charge >= 0.3 is 0 Å². The van der Waals surface area contributed by atoms with Gasteiger partial charge in [0.15, 0.2) is 29.0 Å². The first-order valence-electron chi connectivity index (χ1n) is 5.93. The molecule has 0 aliphatic heterocycles. The van der Waals surface area contributed by atoms with E-state index in [-0.39, 0.29) is 27.8 Å². The number of carbonyl (C=O) groups is 1. The van der Waals surface area contributed by atoms with Crippen molar-refractivity contribution < 1.29 is 22.7 Å². The van der Waals surface area contributed by atoms with Gasteiger partial charge in [-0.05, 0) is 39.7 Å². The minimum Gasteiger partial charge on any atom is -0.494 e. The van der Waals surface area contributed by atoms with Gasteiger partial charge in [0.1, 0.15) is 0 Å². The van der Waals surface area contributed by atoms with Crippen LogP contribution in [-0.4, -0.2) is 12.9 Å². The molecule has 110 valence electrons. The molecule has 0 fully saturated rings. The van der Waals surface area contributed by atoms with Gasteiger partial charge in [0.05, 0.1) is 11.6 Å². The Morgan fingerprint density at radius 2 is 1.86 bits per heavy atom. The summed E-state index contributed by atoms with van der Waals surface area (Å²) in [5.41, 5.74) is 0.0760. The molecule has 0 saturated heterocycles. The van der Waals surface area contributed by atoms with E-state index in [4.69, 9.17) is 4.74 Å². The van der Waals surface area contributed by atoms with E-state index in [1.54, 1.807) is 6.07 Å². The SMILES string of the molecule is COc1cccc(CC(=O)c2ccc(F)c(F)c2Br)c1F. The molecule has 0 aromatic heterocycles. The van der Waals surface area contributed by atoms with Crippen molar-refractivity contribution in [1.82, 2.24) is 0 Å². The standard InChI is InChI=1S/C15H10BrF3O2/c1-21-12-4-2-3-8(14(12)18)7-11(20)9-5-6-10(17)15(19)13(9)16/h2-6H,7H2,1H3. The van der Waals surface area contributed by atoms with Crippen LogP contribution in [0, 0.1) is 17.5 Å². The first-order valence-corrected chi connectivity index (χ1v) is 6.73. The molecule has 21 heavy (non-hydrogen) atoms. The Kier molecular flexibility index (Phi) is 4.67. The minimum atomic E-state index is -1.15. The molecule has 0 spiro atoms. The highest BCUT2D eigenvalue weighted by Gasteiger charge is 2.19. The summed E-state index contributed by atoms with van der Waals surface area (Å²) in [6, 6.07) is 6.42. The zero-order valence-corrected chi connectivity index (χ0v) is 12.5. The third kappa shape index (κ3) is 3.10. The number of benzene rings is 2. The van der Waals surface area contributed by atoms with E-state index >= 15 is 0 Å². The molecule has 0 saturated carbocycles. The fourth-order valence-electron chi connectivity index (χ4n) is 1.86. The number of carbonyl (C=O) groups excluding carboxylic acids is 1. The second kappa shape index (κ2) is 6.30. The minimum absolute atomic E-state index is 0.0182. The van der Waals surface area contributed by atoms with Crippen molar-refractivity contribution in [2.24, 2.45) is 0 Å². The molecule has 0 aliphatic rings. The summed E-state index contributed by atoms with van der Waals surface area (Å²) in [7, 11) is 1.32. The molecule has 0 N–H and O–H groups in total. The lowest BCUT2D eigenvalue weighted by molar-refractivity contribution is 0.0990. The Hall–Kier alpha value is -1.82. The van der Waals surface area contributed by atoms with Gasteiger partial charge in [-0.15, -0.1) is 0 Å². The fraction of sp³-hybridized carbons (Fsp3) is 0.133. The van der Waals surface area contributed by atoms with Crippen LogP contribution in [0.3, 0.4) is 0 Å². The van der Waals surface area contributed by atoms with Crippen molar-refractivity contribution in [2.45, 2.75) is 6.42 Å². The van der Waals surface area contributed by atoms with Crippen molar-refractivity contribution in [3.8, 4) is 5.75 Å². The highest BCUT2D eigenvalue weighted by Crippen LogP contribution is 2.26. The lowest BCUT2D eigenvalue weighted by Gasteiger charge is -2.08. The van der Waals surface area contributed by atoms with Crippen molar-refractivity contribution in [3.63, 3.8) is 0 Å². The van der Waals surface area contributed by atoms with Crippen molar-refractivity contribution in [3.05, 3.63) is 63.4 Å². The summed E-state index contributed by atoms with van der Waals surface area (Å²) in [5, 5.41) is 0. The van der Waals surface area contributed by atoms with E-state index in [9.17, 15) is 18.0 Å². The molecule has 0 radical (unpaired) electrons. The topological polar surface area (TPSA) is 26.3 Å². The maximum absolute atomic E-state index is 14.0. The average molecular weight is 359 g/mol. The normalized spacial score (nSPS) is 10.5. The van der Waals surface area contributed by atoms with Crippen molar-refractivity contribution in [1.29, 1.82) is 0 Å². The van der Waals surface area contributed by atoms with Gasteiger partial charge in [0, 0.05) is 12.0 Å². The Labute approximate surface area is 127 Å². The second-order valence-corrected chi connectivity index (χ2v) is 5.05. The lowest BCUT2D eigenvalue weighted by Crippen LogP contribution is -2.08. The third-order valence-corrected chi connectivity index (χ3v) is 3.73. The van der Waals surface area contributed by atoms with E-state index in [0.717, 1.165) is 12.1 Å². The predicted octanol–water partition coefficient (Wildman–Crippen LogP) is 4.30. The Balaban J connectivity index is 2.33. The summed E-state index contributed by atoms with van der Waals surface area (Å²) in [6.07, 6.45) is -0.285. The third-order valence-electron chi connectivity index (χ3n) is 2.95. The number of halogens is 4. The Morgan fingerprint density at radius 3 is 2.52 bits per heavy atom. The number of rotatable bonds is 4. The first-order chi connectivity index (χ1) is 9.95. The molecular formula is C15H10BrF3O2. The van der Waals surface area contributed by atoms with E-state index in [1.807, 2.05) is 0 Å². The summed E-state index contributed by atoms with van der Waals surface area (Å²) in [4.78, 5) is 12.1. The molecule has 2 aromatic rings.